The maximum absolute atomic E-state index is 11.5. The molecule has 0 atom stereocenters. The third-order valence-electron chi connectivity index (χ3n) is 6.42. The van der Waals surface area contributed by atoms with Crippen LogP contribution in [-0.2, 0) is 29.3 Å². The lowest BCUT2D eigenvalue weighted by atomic mass is 10.2. The Hall–Kier alpha value is -2.88. The van der Waals surface area contributed by atoms with Crippen molar-refractivity contribution < 1.29 is 26.4 Å². The molecule has 2 aromatic carbocycles. The van der Waals surface area contributed by atoms with Gasteiger partial charge in [-0.3, -0.25) is 9.59 Å². The summed E-state index contributed by atoms with van der Waals surface area (Å²) < 4.78 is 46.0. The molecule has 4 rings (SSSR count). The number of piperazine rings is 2. The molecule has 2 amide bonds. The minimum absolute atomic E-state index is 0.0802. The van der Waals surface area contributed by atoms with Crippen molar-refractivity contribution in [3.63, 3.8) is 0 Å². The number of sulfone groups is 2. The fourth-order valence-corrected chi connectivity index (χ4v) is 6.17. The second kappa shape index (κ2) is 14.8. The van der Waals surface area contributed by atoms with Crippen LogP contribution in [0.15, 0.2) is 50.7 Å². The number of benzene rings is 2. The Bertz CT molecular complexity index is 1440. The molecule has 0 spiro atoms. The largest absolute Gasteiger partial charge is 0.398 e. The van der Waals surface area contributed by atoms with E-state index < -0.39 is 19.7 Å². The SMILES string of the molecule is CC(=O)N1CCN(c2ccc(S(C)(=O)=O)c(N)c2)CC1.CC(=O)N1CCNCC1.CS(=O)(=O)c1ccc(Br)cc1N. The average molecular weight is 676 g/mol. The number of amides is 2. The molecule has 2 heterocycles. The molecule has 2 fully saturated rings. The van der Waals surface area contributed by atoms with E-state index in [0.717, 1.165) is 61.9 Å². The molecule has 0 radical (unpaired) electrons. The van der Waals surface area contributed by atoms with Crippen molar-refractivity contribution in [2.24, 2.45) is 0 Å². The summed E-state index contributed by atoms with van der Waals surface area (Å²) in [5, 5.41) is 3.18. The van der Waals surface area contributed by atoms with E-state index in [1.807, 2.05) is 4.90 Å². The van der Waals surface area contributed by atoms with Crippen molar-refractivity contribution >= 4 is 64.5 Å². The molecule has 0 bridgehead atoms. The molecule has 0 aromatic heterocycles. The molecule has 2 saturated heterocycles. The number of rotatable bonds is 3. The first-order valence-electron chi connectivity index (χ1n) is 12.8. The maximum Gasteiger partial charge on any atom is 0.219 e. The number of anilines is 3. The number of hydrogen-bond acceptors (Lipinski definition) is 10. The molecule has 15 heteroatoms. The van der Waals surface area contributed by atoms with Crippen LogP contribution in [0, 0.1) is 0 Å². The fraction of sp³-hybridized carbons (Fsp3) is 0.462. The van der Waals surface area contributed by atoms with Crippen LogP contribution >= 0.6 is 15.9 Å². The number of carbonyl (C=O) groups excluding carboxylic acids is 2. The summed E-state index contributed by atoms with van der Waals surface area (Å²) in [7, 11) is -6.49. The average Bonchev–Trinajstić information content (AvgIpc) is 2.88. The number of halogens is 1. The Morgan fingerprint density at radius 1 is 0.732 bits per heavy atom. The summed E-state index contributed by atoms with van der Waals surface area (Å²) in [6.45, 7) is 9.59. The van der Waals surface area contributed by atoms with Gasteiger partial charge in [-0.2, -0.15) is 0 Å². The van der Waals surface area contributed by atoms with Gasteiger partial charge in [0.1, 0.15) is 0 Å². The lowest BCUT2D eigenvalue weighted by molar-refractivity contribution is -0.130. The first-order chi connectivity index (χ1) is 19.0. The molecule has 0 aliphatic carbocycles. The number of nitrogen functional groups attached to an aromatic ring is 2. The van der Waals surface area contributed by atoms with Crippen molar-refractivity contribution in [1.82, 2.24) is 15.1 Å². The minimum Gasteiger partial charge on any atom is -0.398 e. The van der Waals surface area contributed by atoms with Crippen LogP contribution in [0.5, 0.6) is 0 Å². The van der Waals surface area contributed by atoms with E-state index in [2.05, 4.69) is 26.1 Å². The van der Waals surface area contributed by atoms with Crippen molar-refractivity contribution in [3.05, 3.63) is 40.9 Å². The van der Waals surface area contributed by atoms with Crippen molar-refractivity contribution in [1.29, 1.82) is 0 Å². The van der Waals surface area contributed by atoms with E-state index in [1.54, 1.807) is 43.0 Å². The predicted molar refractivity (Wildman–Crippen MR) is 165 cm³/mol. The van der Waals surface area contributed by atoms with Crippen molar-refractivity contribution in [3.8, 4) is 0 Å². The van der Waals surface area contributed by atoms with Crippen molar-refractivity contribution in [2.45, 2.75) is 23.6 Å². The second-order valence-electron chi connectivity index (χ2n) is 9.70. The first kappa shape index (κ1) is 34.3. The lowest BCUT2D eigenvalue weighted by Gasteiger charge is -2.35. The summed E-state index contributed by atoms with van der Waals surface area (Å²) in [6, 6.07) is 9.67. The van der Waals surface area contributed by atoms with Gasteiger partial charge in [-0.05, 0) is 36.4 Å². The number of nitrogens with one attached hydrogen (secondary N) is 1. The number of nitrogens with zero attached hydrogens (tertiary/aromatic N) is 3. The quantitative estimate of drug-likeness (QED) is 0.401. The van der Waals surface area contributed by atoms with E-state index in [4.69, 9.17) is 11.5 Å². The van der Waals surface area contributed by atoms with Gasteiger partial charge in [-0.15, -0.1) is 0 Å². The molecule has 0 saturated carbocycles. The van der Waals surface area contributed by atoms with Gasteiger partial charge in [0.15, 0.2) is 19.7 Å². The predicted octanol–water partition coefficient (Wildman–Crippen LogP) is 1.21. The topological polar surface area (TPSA) is 176 Å². The summed E-state index contributed by atoms with van der Waals surface area (Å²) in [4.78, 5) is 28.0. The van der Waals surface area contributed by atoms with E-state index in [0.29, 0.717) is 13.1 Å². The third-order valence-corrected chi connectivity index (χ3v) is 9.25. The van der Waals surface area contributed by atoms with Gasteiger partial charge in [0.2, 0.25) is 11.8 Å². The molecule has 41 heavy (non-hydrogen) atoms. The summed E-state index contributed by atoms with van der Waals surface area (Å²) >= 11 is 3.19. The zero-order valence-electron chi connectivity index (χ0n) is 23.8. The highest BCUT2D eigenvalue weighted by molar-refractivity contribution is 9.10. The van der Waals surface area contributed by atoms with Crippen LogP contribution in [0.2, 0.25) is 0 Å². The van der Waals surface area contributed by atoms with Crippen LogP contribution in [0.3, 0.4) is 0 Å². The van der Waals surface area contributed by atoms with Gasteiger partial charge < -0.3 is 31.5 Å². The molecule has 2 aromatic rings. The zero-order valence-corrected chi connectivity index (χ0v) is 27.0. The number of nitrogens with two attached hydrogens (primary N) is 2. The fourth-order valence-electron chi connectivity index (χ4n) is 4.19. The molecule has 5 N–H and O–H groups in total. The van der Waals surface area contributed by atoms with Crippen LogP contribution in [0.4, 0.5) is 17.1 Å². The highest BCUT2D eigenvalue weighted by atomic mass is 79.9. The summed E-state index contributed by atoms with van der Waals surface area (Å²) in [5.74, 6) is 0.271. The Kier molecular flexibility index (Phi) is 12.4. The van der Waals surface area contributed by atoms with Crippen LogP contribution in [0.25, 0.3) is 0 Å². The standard InChI is InChI=1S/C13H19N3O3S.C7H8BrNO2S.C6H12N2O/c1-10(17)15-5-7-16(8-6-15)11-3-4-13(12(14)9-11)20(2,18)19;1-12(10,11)7-3-2-5(8)4-6(7)9;1-6(9)8-4-2-7-3-5-8/h3-4,9H,5-8,14H2,1-2H3;2-4H,9H2,1H3;7H,2-5H2,1H3. The molecule has 0 unspecified atom stereocenters. The monoisotopic (exact) mass is 674 g/mol. The molecule has 12 nitrogen and oxygen atoms in total. The highest BCUT2D eigenvalue weighted by Crippen LogP contribution is 2.26. The Morgan fingerprint density at radius 3 is 1.56 bits per heavy atom. The van der Waals surface area contributed by atoms with Gasteiger partial charge >= 0.3 is 0 Å². The van der Waals surface area contributed by atoms with E-state index in [9.17, 15) is 26.4 Å². The molecular formula is C26H39BrN6O6S2. The second-order valence-corrected chi connectivity index (χ2v) is 14.6. The van der Waals surface area contributed by atoms with Crippen LogP contribution in [0.1, 0.15) is 13.8 Å². The van der Waals surface area contributed by atoms with Gasteiger partial charge in [-0.1, -0.05) is 15.9 Å². The maximum atomic E-state index is 11.5. The first-order valence-corrected chi connectivity index (χ1v) is 17.4. The highest BCUT2D eigenvalue weighted by Gasteiger charge is 2.20. The van der Waals surface area contributed by atoms with Gasteiger partial charge in [0.05, 0.1) is 21.2 Å². The molecular weight excluding hydrogens is 636 g/mol. The lowest BCUT2D eigenvalue weighted by Crippen LogP contribution is -2.48. The Balaban J connectivity index is 0.000000237. The van der Waals surface area contributed by atoms with Crippen LogP contribution < -0.4 is 21.7 Å². The summed E-state index contributed by atoms with van der Waals surface area (Å²) in [5.41, 5.74) is 12.7. The van der Waals surface area contributed by atoms with Gasteiger partial charge in [0, 0.05) is 88.9 Å². The normalized spacial score (nSPS) is 15.7. The number of hydrogen-bond donors (Lipinski definition) is 3. The van der Waals surface area contributed by atoms with Gasteiger partial charge in [0.25, 0.3) is 0 Å². The number of carbonyl (C=O) groups is 2. The Labute approximate surface area is 251 Å². The third kappa shape index (κ3) is 10.8. The molecule has 2 aliphatic rings. The smallest absolute Gasteiger partial charge is 0.219 e. The zero-order chi connectivity index (χ0) is 31.0. The Morgan fingerprint density at radius 2 is 1.17 bits per heavy atom. The van der Waals surface area contributed by atoms with Gasteiger partial charge in [-0.25, -0.2) is 16.8 Å². The van der Waals surface area contributed by atoms with E-state index >= 15 is 0 Å². The van der Waals surface area contributed by atoms with E-state index in [-0.39, 0.29) is 33.0 Å². The van der Waals surface area contributed by atoms with Crippen molar-refractivity contribution in [2.75, 3.05) is 81.2 Å². The van der Waals surface area contributed by atoms with E-state index in [1.165, 1.54) is 12.1 Å². The van der Waals surface area contributed by atoms with Crippen LogP contribution in [-0.4, -0.2) is 103 Å². The molecule has 228 valence electrons. The minimum atomic E-state index is -3.30. The molecule has 2 aliphatic heterocycles. The summed E-state index contributed by atoms with van der Waals surface area (Å²) in [6.07, 6.45) is 2.27.